The number of aliphatic hydroxyl groups is 2. The maximum Gasteiger partial charge on any atom is 0.241 e. The predicted octanol–water partition coefficient (Wildman–Crippen LogP) is 1.08. The third-order valence-electron chi connectivity index (χ3n) is 2.93. The van der Waals surface area contributed by atoms with Gasteiger partial charge in [0.05, 0.1) is 19.3 Å². The fraction of sp³-hybridized carbons (Fsp3) is 0.333. The molecule has 1 aromatic carbocycles. The molecule has 2 aromatic rings. The summed E-state index contributed by atoms with van der Waals surface area (Å²) in [4.78, 5) is 6.21. The van der Waals surface area contributed by atoms with Crippen molar-refractivity contribution in [2.75, 3.05) is 19.7 Å². The van der Waals surface area contributed by atoms with Crippen molar-refractivity contribution in [2.24, 2.45) is 0 Å². The van der Waals surface area contributed by atoms with E-state index in [2.05, 4.69) is 16.7 Å². The highest BCUT2D eigenvalue weighted by atomic mass is 16.5. The van der Waals surface area contributed by atoms with E-state index in [9.17, 15) is 5.11 Å². The van der Waals surface area contributed by atoms with Gasteiger partial charge in [0.2, 0.25) is 11.7 Å². The molecular formula is C15H19N3O3. The van der Waals surface area contributed by atoms with Crippen LogP contribution in [0.5, 0.6) is 0 Å². The van der Waals surface area contributed by atoms with E-state index in [1.165, 1.54) is 0 Å². The summed E-state index contributed by atoms with van der Waals surface area (Å²) >= 11 is 0. The molecular weight excluding hydrogens is 270 g/mol. The topological polar surface area (TPSA) is 82.6 Å². The van der Waals surface area contributed by atoms with Crippen LogP contribution in [0, 0.1) is 0 Å². The second-order valence-electron chi connectivity index (χ2n) is 4.70. The third kappa shape index (κ3) is 4.49. The van der Waals surface area contributed by atoms with Crippen LogP contribution in [0.4, 0.5) is 0 Å². The maximum atomic E-state index is 9.52. The van der Waals surface area contributed by atoms with Crippen molar-refractivity contribution >= 4 is 0 Å². The van der Waals surface area contributed by atoms with E-state index in [0.717, 1.165) is 5.56 Å². The average molecular weight is 289 g/mol. The van der Waals surface area contributed by atoms with Gasteiger partial charge in [-0.2, -0.15) is 4.98 Å². The van der Waals surface area contributed by atoms with Crippen molar-refractivity contribution in [3.8, 4) is 11.4 Å². The Morgan fingerprint density at radius 3 is 2.76 bits per heavy atom. The second-order valence-corrected chi connectivity index (χ2v) is 4.70. The molecule has 1 unspecified atom stereocenters. The second kappa shape index (κ2) is 7.68. The molecule has 0 amide bonds. The summed E-state index contributed by atoms with van der Waals surface area (Å²) in [6.45, 7) is 4.65. The largest absolute Gasteiger partial charge is 0.394 e. The van der Waals surface area contributed by atoms with Crippen LogP contribution in [-0.4, -0.2) is 51.1 Å². The summed E-state index contributed by atoms with van der Waals surface area (Å²) in [5.41, 5.74) is 0.887. The monoisotopic (exact) mass is 289 g/mol. The van der Waals surface area contributed by atoms with Gasteiger partial charge in [-0.15, -0.1) is 6.58 Å². The highest BCUT2D eigenvalue weighted by molar-refractivity contribution is 5.53. The molecule has 112 valence electrons. The minimum atomic E-state index is -0.804. The van der Waals surface area contributed by atoms with Gasteiger partial charge in [0, 0.05) is 18.7 Å². The molecule has 0 bridgehead atoms. The van der Waals surface area contributed by atoms with Crippen LogP contribution < -0.4 is 0 Å². The van der Waals surface area contributed by atoms with Crippen molar-refractivity contribution < 1.29 is 14.7 Å². The summed E-state index contributed by atoms with van der Waals surface area (Å²) in [6, 6.07) is 9.56. The van der Waals surface area contributed by atoms with E-state index in [1.807, 2.05) is 35.2 Å². The first-order valence-electron chi connectivity index (χ1n) is 6.73. The van der Waals surface area contributed by atoms with Crippen LogP contribution in [0.1, 0.15) is 5.89 Å². The Kier molecular flexibility index (Phi) is 5.62. The fourth-order valence-corrected chi connectivity index (χ4v) is 1.96. The quantitative estimate of drug-likeness (QED) is 0.708. The zero-order valence-corrected chi connectivity index (χ0v) is 11.7. The zero-order valence-electron chi connectivity index (χ0n) is 11.7. The summed E-state index contributed by atoms with van der Waals surface area (Å²) in [6.07, 6.45) is 0.917. The first-order valence-corrected chi connectivity index (χ1v) is 6.73. The Morgan fingerprint density at radius 1 is 1.33 bits per heavy atom. The predicted molar refractivity (Wildman–Crippen MR) is 78.3 cm³/mol. The van der Waals surface area contributed by atoms with Gasteiger partial charge in [-0.1, -0.05) is 41.6 Å². The van der Waals surface area contributed by atoms with Gasteiger partial charge >= 0.3 is 0 Å². The first kappa shape index (κ1) is 15.4. The maximum absolute atomic E-state index is 9.52. The lowest BCUT2D eigenvalue weighted by atomic mass is 10.2. The lowest BCUT2D eigenvalue weighted by Gasteiger charge is -2.20. The molecule has 21 heavy (non-hydrogen) atoms. The number of aromatic nitrogens is 2. The van der Waals surface area contributed by atoms with Gasteiger partial charge in [0.25, 0.3) is 0 Å². The van der Waals surface area contributed by atoms with Gasteiger partial charge in [-0.3, -0.25) is 4.90 Å². The third-order valence-corrected chi connectivity index (χ3v) is 2.93. The van der Waals surface area contributed by atoms with Crippen LogP contribution in [0.15, 0.2) is 47.5 Å². The molecule has 0 fully saturated rings. The molecule has 0 saturated heterocycles. The number of benzene rings is 1. The van der Waals surface area contributed by atoms with Gasteiger partial charge in [0.15, 0.2) is 0 Å². The Labute approximate surface area is 123 Å². The molecule has 6 heteroatoms. The SMILES string of the molecule is C=CCN(Cc1nc(-c2ccccc2)no1)CC(O)CO. The van der Waals surface area contributed by atoms with E-state index in [4.69, 9.17) is 9.63 Å². The fourth-order valence-electron chi connectivity index (χ4n) is 1.96. The minimum Gasteiger partial charge on any atom is -0.394 e. The molecule has 0 saturated carbocycles. The Hall–Kier alpha value is -2.02. The number of hydrogen-bond acceptors (Lipinski definition) is 6. The van der Waals surface area contributed by atoms with E-state index < -0.39 is 6.10 Å². The molecule has 2 N–H and O–H groups in total. The number of rotatable bonds is 8. The van der Waals surface area contributed by atoms with E-state index in [0.29, 0.717) is 31.3 Å². The minimum absolute atomic E-state index is 0.285. The number of hydrogen-bond donors (Lipinski definition) is 2. The smallest absolute Gasteiger partial charge is 0.241 e. The van der Waals surface area contributed by atoms with Crippen LogP contribution in [0.25, 0.3) is 11.4 Å². The summed E-state index contributed by atoms with van der Waals surface area (Å²) in [7, 11) is 0. The van der Waals surface area contributed by atoms with Crippen molar-refractivity contribution in [1.29, 1.82) is 0 Å². The molecule has 2 rings (SSSR count). The Balaban J connectivity index is 2.04. The lowest BCUT2D eigenvalue weighted by Crippen LogP contribution is -2.34. The van der Waals surface area contributed by atoms with Gasteiger partial charge < -0.3 is 14.7 Å². The normalized spacial score (nSPS) is 12.5. The molecule has 1 atom stereocenters. The van der Waals surface area contributed by atoms with Crippen LogP contribution in [0.2, 0.25) is 0 Å². The average Bonchev–Trinajstić information content (AvgIpc) is 2.97. The molecule has 0 radical (unpaired) electrons. The number of aliphatic hydroxyl groups excluding tert-OH is 2. The number of nitrogens with zero attached hydrogens (tertiary/aromatic N) is 3. The highest BCUT2D eigenvalue weighted by Gasteiger charge is 2.15. The molecule has 0 aliphatic carbocycles. The molecule has 0 spiro atoms. The zero-order chi connectivity index (χ0) is 15.1. The van der Waals surface area contributed by atoms with E-state index in [1.54, 1.807) is 6.08 Å². The molecule has 1 heterocycles. The first-order chi connectivity index (χ1) is 10.2. The summed E-state index contributed by atoms with van der Waals surface area (Å²) in [5.74, 6) is 0.993. The lowest BCUT2D eigenvalue weighted by molar-refractivity contribution is 0.0574. The Bertz CT molecular complexity index is 556. The Morgan fingerprint density at radius 2 is 2.10 bits per heavy atom. The van der Waals surface area contributed by atoms with Crippen molar-refractivity contribution in [3.63, 3.8) is 0 Å². The van der Waals surface area contributed by atoms with Crippen LogP contribution in [-0.2, 0) is 6.54 Å². The van der Waals surface area contributed by atoms with E-state index in [-0.39, 0.29) is 6.61 Å². The van der Waals surface area contributed by atoms with Crippen LogP contribution in [0.3, 0.4) is 0 Å². The summed E-state index contributed by atoms with van der Waals surface area (Å²) < 4.78 is 5.23. The van der Waals surface area contributed by atoms with Crippen molar-refractivity contribution in [2.45, 2.75) is 12.6 Å². The van der Waals surface area contributed by atoms with Gasteiger partial charge in [0.1, 0.15) is 0 Å². The molecule has 0 aliphatic rings. The molecule has 1 aromatic heterocycles. The summed E-state index contributed by atoms with van der Waals surface area (Å²) in [5, 5.41) is 22.4. The van der Waals surface area contributed by atoms with Crippen molar-refractivity contribution in [3.05, 3.63) is 48.9 Å². The van der Waals surface area contributed by atoms with Crippen molar-refractivity contribution in [1.82, 2.24) is 15.0 Å². The molecule has 0 aliphatic heterocycles. The molecule has 6 nitrogen and oxygen atoms in total. The van der Waals surface area contributed by atoms with Crippen LogP contribution >= 0.6 is 0 Å². The van der Waals surface area contributed by atoms with E-state index >= 15 is 0 Å². The van der Waals surface area contributed by atoms with Gasteiger partial charge in [-0.05, 0) is 0 Å². The standard InChI is InChI=1S/C15H19N3O3/c1-2-8-18(9-13(20)11-19)10-14-16-15(17-21-14)12-6-4-3-5-7-12/h2-7,13,19-20H,1,8-11H2. The van der Waals surface area contributed by atoms with Gasteiger partial charge in [-0.25, -0.2) is 0 Å². The highest BCUT2D eigenvalue weighted by Crippen LogP contribution is 2.15.